The smallest absolute Gasteiger partial charge is 0.309 e. The Morgan fingerprint density at radius 3 is 2.80 bits per heavy atom. The van der Waals surface area contributed by atoms with E-state index in [0.717, 1.165) is 0 Å². The molecule has 0 atom stereocenters. The number of hydrogen-bond donors (Lipinski definition) is 1. The van der Waals surface area contributed by atoms with Crippen LogP contribution in [0.5, 0.6) is 5.75 Å². The number of pyridine rings is 1. The summed E-state index contributed by atoms with van der Waals surface area (Å²) in [6.07, 6.45) is -2.11. The number of methoxy groups -OCH3 is 1. The van der Waals surface area contributed by atoms with Gasteiger partial charge in [-0.25, -0.2) is 8.78 Å². The Morgan fingerprint density at radius 1 is 1.67 bits per heavy atom. The van der Waals surface area contributed by atoms with Crippen molar-refractivity contribution in [2.75, 3.05) is 7.11 Å². The van der Waals surface area contributed by atoms with Gasteiger partial charge in [0.2, 0.25) is 0 Å². The fraction of sp³-hybridized carbons (Fsp3) is 0.333. The molecule has 0 fully saturated rings. The molecule has 0 saturated carbocycles. The van der Waals surface area contributed by atoms with Gasteiger partial charge in [0, 0.05) is 6.20 Å². The summed E-state index contributed by atoms with van der Waals surface area (Å²) < 4.78 is 29.9. The summed E-state index contributed by atoms with van der Waals surface area (Å²) in [5.41, 5.74) is -0.626. The fourth-order valence-corrected chi connectivity index (χ4v) is 1.19. The maximum atomic E-state index is 12.6. The maximum Gasteiger partial charge on any atom is 0.309 e. The van der Waals surface area contributed by atoms with E-state index >= 15 is 0 Å². The zero-order valence-electron chi connectivity index (χ0n) is 7.91. The minimum atomic E-state index is -2.80. The van der Waals surface area contributed by atoms with E-state index in [2.05, 4.69) is 4.98 Å². The molecule has 1 rings (SSSR count). The third-order valence-electron chi connectivity index (χ3n) is 1.79. The average Bonchev–Trinajstić information content (AvgIpc) is 2.15. The number of alkyl halides is 2. The van der Waals surface area contributed by atoms with E-state index in [0.29, 0.717) is 0 Å². The Hall–Kier alpha value is -1.72. The number of rotatable bonds is 4. The molecular weight excluding hydrogens is 208 g/mol. The van der Waals surface area contributed by atoms with E-state index in [1.807, 2.05) is 0 Å². The molecule has 0 saturated heterocycles. The Kier molecular flexibility index (Phi) is 3.54. The number of aliphatic carboxylic acids is 1. The fourth-order valence-electron chi connectivity index (χ4n) is 1.19. The first-order valence-corrected chi connectivity index (χ1v) is 4.08. The second-order valence-electron chi connectivity index (χ2n) is 2.74. The van der Waals surface area contributed by atoms with E-state index in [1.165, 1.54) is 19.4 Å². The molecule has 4 nitrogen and oxygen atoms in total. The summed E-state index contributed by atoms with van der Waals surface area (Å²) in [4.78, 5) is 14.0. The molecule has 0 spiro atoms. The van der Waals surface area contributed by atoms with Gasteiger partial charge in [-0.3, -0.25) is 9.78 Å². The number of aromatic nitrogens is 1. The number of halogens is 2. The molecule has 0 aromatic carbocycles. The lowest BCUT2D eigenvalue weighted by Gasteiger charge is -2.10. The second-order valence-corrected chi connectivity index (χ2v) is 2.74. The Labute approximate surface area is 84.5 Å². The van der Waals surface area contributed by atoms with Crippen LogP contribution in [0, 0.1) is 0 Å². The standard InChI is InChI=1S/C9H9F2NO3/c1-15-6-2-3-12-5(4-7(13)14)8(6)9(10)11/h2-3,9H,4H2,1H3,(H,13,14). The topological polar surface area (TPSA) is 59.4 Å². The molecular formula is C9H9F2NO3. The molecule has 1 heterocycles. The van der Waals surface area contributed by atoms with Crippen LogP contribution in [0.2, 0.25) is 0 Å². The van der Waals surface area contributed by atoms with Crippen molar-refractivity contribution in [2.45, 2.75) is 12.8 Å². The normalized spacial score (nSPS) is 10.4. The minimum absolute atomic E-state index is 0.0451. The lowest BCUT2D eigenvalue weighted by molar-refractivity contribution is -0.136. The van der Waals surface area contributed by atoms with Gasteiger partial charge < -0.3 is 9.84 Å². The molecule has 82 valence electrons. The second kappa shape index (κ2) is 4.68. The zero-order valence-corrected chi connectivity index (χ0v) is 7.91. The molecule has 0 radical (unpaired) electrons. The lowest BCUT2D eigenvalue weighted by atomic mass is 10.1. The van der Waals surface area contributed by atoms with Crippen LogP contribution < -0.4 is 4.74 Å². The van der Waals surface area contributed by atoms with Crippen molar-refractivity contribution >= 4 is 5.97 Å². The summed E-state index contributed by atoms with van der Waals surface area (Å²) in [6.45, 7) is 0. The molecule has 1 aromatic rings. The monoisotopic (exact) mass is 217 g/mol. The summed E-state index contributed by atoms with van der Waals surface area (Å²) in [5, 5.41) is 8.51. The predicted molar refractivity (Wildman–Crippen MR) is 47.1 cm³/mol. The van der Waals surface area contributed by atoms with Gasteiger partial charge in [-0.2, -0.15) is 0 Å². The Balaban J connectivity index is 3.19. The van der Waals surface area contributed by atoms with E-state index in [4.69, 9.17) is 9.84 Å². The number of ether oxygens (including phenoxy) is 1. The van der Waals surface area contributed by atoms with Crippen LogP contribution in [0.25, 0.3) is 0 Å². The number of nitrogens with zero attached hydrogens (tertiary/aromatic N) is 1. The number of hydrogen-bond acceptors (Lipinski definition) is 3. The highest BCUT2D eigenvalue weighted by atomic mass is 19.3. The SMILES string of the molecule is COc1ccnc(CC(=O)O)c1C(F)F. The van der Waals surface area contributed by atoms with Gasteiger partial charge in [-0.1, -0.05) is 0 Å². The van der Waals surface area contributed by atoms with Crippen molar-refractivity contribution < 1.29 is 23.4 Å². The number of carboxylic acids is 1. The van der Waals surface area contributed by atoms with E-state index in [9.17, 15) is 13.6 Å². The first-order chi connectivity index (χ1) is 7.06. The first-order valence-electron chi connectivity index (χ1n) is 4.08. The molecule has 15 heavy (non-hydrogen) atoms. The summed E-state index contributed by atoms with van der Waals surface area (Å²) >= 11 is 0. The van der Waals surface area contributed by atoms with Gasteiger partial charge in [0.25, 0.3) is 6.43 Å². The van der Waals surface area contributed by atoms with Crippen molar-refractivity contribution in [1.82, 2.24) is 4.98 Å². The third kappa shape index (κ3) is 2.61. The number of carbonyl (C=O) groups is 1. The van der Waals surface area contributed by atoms with Crippen molar-refractivity contribution in [3.63, 3.8) is 0 Å². The third-order valence-corrected chi connectivity index (χ3v) is 1.79. The minimum Gasteiger partial charge on any atom is -0.496 e. The van der Waals surface area contributed by atoms with E-state index in [1.54, 1.807) is 0 Å². The zero-order chi connectivity index (χ0) is 11.4. The van der Waals surface area contributed by atoms with Crippen LogP contribution in [0.15, 0.2) is 12.3 Å². The molecule has 0 bridgehead atoms. The molecule has 6 heteroatoms. The molecule has 1 aromatic heterocycles. The van der Waals surface area contributed by atoms with Crippen LogP contribution in [0.1, 0.15) is 17.7 Å². The molecule has 0 aliphatic carbocycles. The Morgan fingerprint density at radius 2 is 2.33 bits per heavy atom. The van der Waals surface area contributed by atoms with Gasteiger partial charge >= 0.3 is 5.97 Å². The van der Waals surface area contributed by atoms with Gasteiger partial charge in [0.05, 0.1) is 24.8 Å². The van der Waals surface area contributed by atoms with Crippen molar-refractivity contribution in [3.05, 3.63) is 23.5 Å². The quantitative estimate of drug-likeness (QED) is 0.833. The molecule has 1 N–H and O–H groups in total. The average molecular weight is 217 g/mol. The summed E-state index contributed by atoms with van der Waals surface area (Å²) in [5.74, 6) is -1.26. The van der Waals surface area contributed by atoms with Gasteiger partial charge in [-0.05, 0) is 6.07 Å². The first kappa shape index (κ1) is 11.4. The largest absolute Gasteiger partial charge is 0.496 e. The van der Waals surface area contributed by atoms with Crippen LogP contribution in [-0.2, 0) is 11.2 Å². The molecule has 0 aliphatic heterocycles. The van der Waals surface area contributed by atoms with Crippen LogP contribution in [-0.4, -0.2) is 23.2 Å². The van der Waals surface area contributed by atoms with Gasteiger partial charge in [-0.15, -0.1) is 0 Å². The van der Waals surface area contributed by atoms with Gasteiger partial charge in [0.15, 0.2) is 0 Å². The molecule has 0 aliphatic rings. The van der Waals surface area contributed by atoms with Crippen LogP contribution in [0.3, 0.4) is 0 Å². The highest BCUT2D eigenvalue weighted by Crippen LogP contribution is 2.30. The molecule has 0 amide bonds. The van der Waals surface area contributed by atoms with Gasteiger partial charge in [0.1, 0.15) is 5.75 Å². The predicted octanol–water partition coefficient (Wildman–Crippen LogP) is 1.65. The van der Waals surface area contributed by atoms with Crippen LogP contribution >= 0.6 is 0 Å². The van der Waals surface area contributed by atoms with Crippen molar-refractivity contribution in [1.29, 1.82) is 0 Å². The highest BCUT2D eigenvalue weighted by Gasteiger charge is 2.21. The van der Waals surface area contributed by atoms with Crippen molar-refractivity contribution in [2.24, 2.45) is 0 Å². The lowest BCUT2D eigenvalue weighted by Crippen LogP contribution is -2.07. The van der Waals surface area contributed by atoms with Crippen LogP contribution in [0.4, 0.5) is 8.78 Å². The number of carboxylic acid groups (broad SMARTS) is 1. The summed E-state index contributed by atoms with van der Waals surface area (Å²) in [7, 11) is 1.24. The maximum absolute atomic E-state index is 12.6. The summed E-state index contributed by atoms with van der Waals surface area (Å²) in [6, 6.07) is 1.27. The highest BCUT2D eigenvalue weighted by molar-refractivity contribution is 5.70. The van der Waals surface area contributed by atoms with E-state index in [-0.39, 0.29) is 11.4 Å². The van der Waals surface area contributed by atoms with E-state index < -0.39 is 24.4 Å². The molecule has 0 unspecified atom stereocenters. The Bertz CT molecular complexity index is 368. The van der Waals surface area contributed by atoms with Crippen molar-refractivity contribution in [3.8, 4) is 5.75 Å².